The molecule has 0 atom stereocenters. The molecule has 0 unspecified atom stereocenters. The summed E-state index contributed by atoms with van der Waals surface area (Å²) in [5.41, 5.74) is 3.14. The molecule has 0 saturated heterocycles. The van der Waals surface area contributed by atoms with Crippen LogP contribution < -0.4 is 23.7 Å². The molecule has 0 saturated carbocycles. The minimum absolute atomic E-state index is 0.150. The molecular weight excluding hydrogens is 682 g/mol. The number of ether oxygens (including phenoxy) is 8. The molecule has 0 amide bonds. The van der Waals surface area contributed by atoms with Gasteiger partial charge in [-0.2, -0.15) is 5.26 Å². The van der Waals surface area contributed by atoms with Crippen LogP contribution in [0.3, 0.4) is 0 Å². The van der Waals surface area contributed by atoms with E-state index in [1.165, 1.54) is 40.6 Å². The number of methoxy groups -OCH3 is 4. The Kier molecular flexibility index (Phi) is 17.0. The maximum atomic E-state index is 11.9. The summed E-state index contributed by atoms with van der Waals surface area (Å²) < 4.78 is 44.0. The molecule has 0 radical (unpaired) electrons. The van der Waals surface area contributed by atoms with Crippen LogP contribution in [0, 0.1) is 11.3 Å². The predicted molar refractivity (Wildman–Crippen MR) is 197 cm³/mol. The van der Waals surface area contributed by atoms with Gasteiger partial charge in [0.25, 0.3) is 0 Å². The minimum Gasteiger partial charge on any atom is -0.494 e. The number of rotatable bonds is 21. The van der Waals surface area contributed by atoms with Crippen molar-refractivity contribution in [3.63, 3.8) is 0 Å². The zero-order valence-corrected chi connectivity index (χ0v) is 30.7. The van der Waals surface area contributed by atoms with E-state index in [1.54, 1.807) is 49.4 Å². The van der Waals surface area contributed by atoms with Gasteiger partial charge in [0.05, 0.1) is 41.7 Å². The Hall–Kier alpha value is -6.22. The van der Waals surface area contributed by atoms with Gasteiger partial charge in [-0.1, -0.05) is 18.7 Å². The molecule has 0 bridgehead atoms. The molecule has 0 aromatic heterocycles. The summed E-state index contributed by atoms with van der Waals surface area (Å²) in [6.45, 7) is 6.39. The maximum Gasteiger partial charge on any atom is 0.348 e. The lowest BCUT2D eigenvalue weighted by molar-refractivity contribution is -0.139. The number of carbonyl (C=O) groups excluding carboxylic acids is 3. The second-order valence-electron chi connectivity index (χ2n) is 11.6. The topological polar surface area (TPSA) is 149 Å². The highest BCUT2D eigenvalue weighted by molar-refractivity contribution is 5.97. The highest BCUT2D eigenvalue weighted by Crippen LogP contribution is 2.32. The quantitative estimate of drug-likeness (QED) is 0.0360. The van der Waals surface area contributed by atoms with Gasteiger partial charge in [-0.15, -0.1) is 0 Å². The van der Waals surface area contributed by atoms with Crippen molar-refractivity contribution in [2.24, 2.45) is 0 Å². The van der Waals surface area contributed by atoms with Crippen molar-refractivity contribution in [2.45, 2.75) is 45.8 Å². The molecule has 0 heterocycles. The van der Waals surface area contributed by atoms with Crippen molar-refractivity contribution in [3.8, 4) is 34.8 Å². The van der Waals surface area contributed by atoms with Crippen LogP contribution in [0.25, 0.3) is 12.2 Å². The molecule has 0 aliphatic carbocycles. The summed E-state index contributed by atoms with van der Waals surface area (Å²) in [4.78, 5) is 34.9. The van der Waals surface area contributed by atoms with E-state index in [0.717, 1.165) is 42.4 Å². The lowest BCUT2D eigenvalue weighted by Gasteiger charge is -2.15. The highest BCUT2D eigenvalue weighted by Gasteiger charge is 2.13. The van der Waals surface area contributed by atoms with Crippen LogP contribution in [0.15, 0.2) is 78.4 Å². The Labute approximate surface area is 310 Å². The third-order valence-electron chi connectivity index (χ3n) is 7.53. The van der Waals surface area contributed by atoms with Gasteiger partial charge in [-0.3, -0.25) is 0 Å². The van der Waals surface area contributed by atoms with Crippen LogP contribution >= 0.6 is 0 Å². The predicted octanol–water partition coefficient (Wildman–Crippen LogP) is 7.19. The molecule has 0 aliphatic heterocycles. The van der Waals surface area contributed by atoms with Crippen LogP contribution in [-0.2, 0) is 41.8 Å². The number of nitriles is 1. The Morgan fingerprint density at radius 3 is 1.83 bits per heavy atom. The molecule has 12 nitrogen and oxygen atoms in total. The molecule has 53 heavy (non-hydrogen) atoms. The van der Waals surface area contributed by atoms with Crippen LogP contribution in [-0.4, -0.2) is 59.6 Å². The smallest absolute Gasteiger partial charge is 0.348 e. The second kappa shape index (κ2) is 21.9. The van der Waals surface area contributed by atoms with E-state index >= 15 is 0 Å². The molecule has 0 N–H and O–H groups in total. The molecule has 0 aliphatic rings. The number of esters is 3. The van der Waals surface area contributed by atoms with Gasteiger partial charge in [0.2, 0.25) is 0 Å². The molecule has 0 fully saturated rings. The average Bonchev–Trinajstić information content (AvgIpc) is 3.17. The summed E-state index contributed by atoms with van der Waals surface area (Å²) in [5.74, 6) is 0.900. The van der Waals surface area contributed by atoms with Gasteiger partial charge in [-0.05, 0) is 109 Å². The first kappa shape index (κ1) is 41.2. The molecule has 3 aromatic carbocycles. The minimum atomic E-state index is -0.737. The van der Waals surface area contributed by atoms with Crippen molar-refractivity contribution >= 4 is 30.1 Å². The largest absolute Gasteiger partial charge is 0.494 e. The third-order valence-corrected chi connectivity index (χ3v) is 7.53. The van der Waals surface area contributed by atoms with E-state index in [2.05, 4.69) is 16.1 Å². The summed E-state index contributed by atoms with van der Waals surface area (Å²) in [5, 5.41) is 9.32. The lowest BCUT2D eigenvalue weighted by Crippen LogP contribution is -2.06. The van der Waals surface area contributed by atoms with E-state index in [0.29, 0.717) is 53.1 Å². The Morgan fingerprint density at radius 1 is 0.698 bits per heavy atom. The van der Waals surface area contributed by atoms with E-state index in [-0.39, 0.29) is 24.8 Å². The first-order chi connectivity index (χ1) is 25.6. The standard InChI is InChI=1S/C41H45NO11/c1-28(2)40(44)51-18-10-8-7-9-17-50-34-21-31(26-52-35-14-11-29(23-37(35)46-3)13-16-39(43)48-5)19-32(22-34)27-53-36-15-12-30(24-38(36)47-4)20-33(25-42)41(45)49-6/h11-16,19-24H,1,7-10,17-18,26-27H2,2-6H3. The molecular formula is C41H45NO11. The van der Waals surface area contributed by atoms with E-state index in [9.17, 15) is 19.6 Å². The highest BCUT2D eigenvalue weighted by atomic mass is 16.5. The molecule has 12 heteroatoms. The fraction of sp³-hybridized carbons (Fsp3) is 0.317. The van der Waals surface area contributed by atoms with Crippen molar-refractivity contribution in [1.82, 2.24) is 0 Å². The third kappa shape index (κ3) is 13.8. The first-order valence-corrected chi connectivity index (χ1v) is 16.8. The van der Waals surface area contributed by atoms with Crippen LogP contribution in [0.2, 0.25) is 0 Å². The summed E-state index contributed by atoms with van der Waals surface area (Å²) in [6, 6.07) is 17.9. The number of carbonyl (C=O) groups is 3. The summed E-state index contributed by atoms with van der Waals surface area (Å²) >= 11 is 0. The number of hydrogen-bond acceptors (Lipinski definition) is 12. The normalized spacial score (nSPS) is 10.9. The van der Waals surface area contributed by atoms with Crippen molar-refractivity contribution in [2.75, 3.05) is 41.7 Å². The first-order valence-electron chi connectivity index (χ1n) is 16.8. The van der Waals surface area contributed by atoms with Gasteiger partial charge in [0, 0.05) is 11.6 Å². The van der Waals surface area contributed by atoms with E-state index in [1.807, 2.05) is 24.3 Å². The number of benzene rings is 3. The van der Waals surface area contributed by atoms with Gasteiger partial charge < -0.3 is 37.9 Å². The van der Waals surface area contributed by atoms with Gasteiger partial charge in [0.15, 0.2) is 23.0 Å². The van der Waals surface area contributed by atoms with E-state index < -0.39 is 11.9 Å². The van der Waals surface area contributed by atoms with Crippen LogP contribution in [0.1, 0.15) is 54.9 Å². The maximum absolute atomic E-state index is 11.9. The Morgan fingerprint density at radius 2 is 1.28 bits per heavy atom. The van der Waals surface area contributed by atoms with E-state index in [4.69, 9.17) is 28.4 Å². The molecule has 3 rings (SSSR count). The summed E-state index contributed by atoms with van der Waals surface area (Å²) in [7, 11) is 5.55. The van der Waals surface area contributed by atoms with Gasteiger partial charge in [-0.25, -0.2) is 14.4 Å². The fourth-order valence-electron chi connectivity index (χ4n) is 4.78. The summed E-state index contributed by atoms with van der Waals surface area (Å²) in [6.07, 6.45) is 7.69. The van der Waals surface area contributed by atoms with Crippen LogP contribution in [0.4, 0.5) is 0 Å². The number of nitrogens with zero attached hydrogens (tertiary/aromatic N) is 1. The monoisotopic (exact) mass is 727 g/mol. The second-order valence-corrected chi connectivity index (χ2v) is 11.6. The zero-order chi connectivity index (χ0) is 38.6. The number of unbranched alkanes of at least 4 members (excludes halogenated alkanes) is 3. The molecule has 280 valence electrons. The van der Waals surface area contributed by atoms with Gasteiger partial charge in [0.1, 0.15) is 30.6 Å². The Bertz CT molecular complexity index is 1840. The molecule has 3 aromatic rings. The SMILES string of the molecule is C=C(C)C(=O)OCCCCCCOc1cc(COc2ccc(C=CC(=O)OC)cc2OC)cc(COc2ccc(C=C(C#N)C(=O)OC)cc2OC)c1. The van der Waals surface area contributed by atoms with Crippen molar-refractivity contribution in [3.05, 3.63) is 101 Å². The zero-order valence-electron chi connectivity index (χ0n) is 30.7. The molecule has 0 spiro atoms. The lowest BCUT2D eigenvalue weighted by atomic mass is 10.1. The average molecular weight is 728 g/mol. The fourth-order valence-corrected chi connectivity index (χ4v) is 4.78. The van der Waals surface area contributed by atoms with Crippen molar-refractivity contribution < 1.29 is 52.3 Å². The Balaban J connectivity index is 1.75. The number of hydrogen-bond donors (Lipinski definition) is 0. The van der Waals surface area contributed by atoms with Gasteiger partial charge >= 0.3 is 17.9 Å². The van der Waals surface area contributed by atoms with Crippen molar-refractivity contribution in [1.29, 1.82) is 5.26 Å². The van der Waals surface area contributed by atoms with Crippen LogP contribution in [0.5, 0.6) is 28.7 Å².